The Morgan fingerprint density at radius 2 is 2.47 bits per heavy atom. The number of esters is 1. The van der Waals surface area contributed by atoms with E-state index in [9.17, 15) is 4.79 Å². The van der Waals surface area contributed by atoms with Crippen molar-refractivity contribution in [3.8, 4) is 0 Å². The van der Waals surface area contributed by atoms with Crippen molar-refractivity contribution < 1.29 is 9.53 Å². The molecule has 2 N–H and O–H groups in total. The van der Waals surface area contributed by atoms with Crippen molar-refractivity contribution in [2.24, 2.45) is 5.73 Å². The van der Waals surface area contributed by atoms with Crippen LogP contribution in [-0.4, -0.2) is 17.6 Å². The van der Waals surface area contributed by atoms with Crippen LogP contribution in [0.1, 0.15) is 24.9 Å². The number of nitrogens with zero attached hydrogens (tertiary/aromatic N) is 1. The summed E-state index contributed by atoms with van der Waals surface area (Å²) >= 11 is 3.28. The van der Waals surface area contributed by atoms with Crippen LogP contribution in [0.5, 0.6) is 0 Å². The van der Waals surface area contributed by atoms with Gasteiger partial charge in [0.1, 0.15) is 4.60 Å². The van der Waals surface area contributed by atoms with Crippen LogP contribution in [-0.2, 0) is 9.53 Å². The van der Waals surface area contributed by atoms with E-state index in [1.807, 2.05) is 6.07 Å². The topological polar surface area (TPSA) is 65.2 Å². The molecule has 1 aromatic rings. The minimum Gasteiger partial charge on any atom is -0.466 e. The van der Waals surface area contributed by atoms with Crippen LogP contribution < -0.4 is 5.73 Å². The highest BCUT2D eigenvalue weighted by Gasteiger charge is 2.14. The minimum atomic E-state index is -0.382. The Morgan fingerprint density at radius 3 is 3.07 bits per heavy atom. The van der Waals surface area contributed by atoms with Crippen molar-refractivity contribution in [1.82, 2.24) is 4.98 Å². The molecule has 0 radical (unpaired) electrons. The van der Waals surface area contributed by atoms with Gasteiger partial charge in [0.2, 0.25) is 0 Å². The largest absolute Gasteiger partial charge is 0.466 e. The number of nitrogens with two attached hydrogens (primary N) is 1. The molecule has 1 aromatic heterocycles. The standard InChI is InChI=1S/C10H13BrN2O2/c1-2-15-9(14)6-8(12)7-4-3-5-13-10(7)11/h3-5,8H,2,6,12H2,1H3/t8-/m1/s1. The summed E-state index contributed by atoms with van der Waals surface area (Å²) in [4.78, 5) is 15.2. The molecule has 0 aliphatic heterocycles. The van der Waals surface area contributed by atoms with Crippen LogP contribution in [0.2, 0.25) is 0 Å². The average Bonchev–Trinajstić information content (AvgIpc) is 2.18. The second kappa shape index (κ2) is 5.82. The number of ether oxygens (including phenoxy) is 1. The molecular formula is C10H13BrN2O2. The lowest BCUT2D eigenvalue weighted by atomic mass is 10.1. The first-order chi connectivity index (χ1) is 7.15. The Hall–Kier alpha value is -0.940. The predicted molar refractivity (Wildman–Crippen MR) is 60.1 cm³/mol. The fraction of sp³-hybridized carbons (Fsp3) is 0.400. The zero-order valence-corrected chi connectivity index (χ0v) is 10.0. The number of carbonyl (C=O) groups excluding carboxylic acids is 1. The molecule has 82 valence electrons. The summed E-state index contributed by atoms with van der Waals surface area (Å²) < 4.78 is 5.49. The van der Waals surface area contributed by atoms with Crippen LogP contribution in [0, 0.1) is 0 Å². The summed E-state index contributed by atoms with van der Waals surface area (Å²) in [6.45, 7) is 2.14. The summed E-state index contributed by atoms with van der Waals surface area (Å²) in [5.74, 6) is -0.291. The smallest absolute Gasteiger partial charge is 0.307 e. The van der Waals surface area contributed by atoms with Crippen LogP contribution in [0.25, 0.3) is 0 Å². The molecule has 1 heterocycles. The first kappa shape index (κ1) is 12.1. The zero-order chi connectivity index (χ0) is 11.3. The molecule has 15 heavy (non-hydrogen) atoms. The Bertz CT molecular complexity index is 344. The number of aromatic nitrogens is 1. The Labute approximate surface area is 97.0 Å². The molecule has 0 aliphatic rings. The fourth-order valence-electron chi connectivity index (χ4n) is 1.18. The Morgan fingerprint density at radius 1 is 1.73 bits per heavy atom. The average molecular weight is 273 g/mol. The van der Waals surface area contributed by atoms with E-state index in [-0.39, 0.29) is 18.4 Å². The highest BCUT2D eigenvalue weighted by atomic mass is 79.9. The van der Waals surface area contributed by atoms with Gasteiger partial charge in [0.05, 0.1) is 13.0 Å². The molecule has 4 nitrogen and oxygen atoms in total. The van der Waals surface area contributed by atoms with Crippen molar-refractivity contribution in [1.29, 1.82) is 0 Å². The van der Waals surface area contributed by atoms with Gasteiger partial charge >= 0.3 is 5.97 Å². The summed E-state index contributed by atoms with van der Waals surface area (Å²) in [7, 11) is 0. The fourth-order valence-corrected chi connectivity index (χ4v) is 1.73. The maximum atomic E-state index is 11.2. The van der Waals surface area contributed by atoms with E-state index in [1.165, 1.54) is 0 Å². The van der Waals surface area contributed by atoms with Crippen molar-refractivity contribution in [2.45, 2.75) is 19.4 Å². The lowest BCUT2D eigenvalue weighted by molar-refractivity contribution is -0.143. The number of carbonyl (C=O) groups is 1. The molecule has 0 spiro atoms. The third-order valence-corrected chi connectivity index (χ3v) is 2.54. The summed E-state index contributed by atoms with van der Waals surface area (Å²) in [6.07, 6.45) is 1.82. The van der Waals surface area contributed by atoms with E-state index in [0.717, 1.165) is 5.56 Å². The zero-order valence-electron chi connectivity index (χ0n) is 8.44. The van der Waals surface area contributed by atoms with Gasteiger partial charge in [-0.1, -0.05) is 6.07 Å². The maximum Gasteiger partial charge on any atom is 0.307 e. The van der Waals surface area contributed by atoms with Crippen molar-refractivity contribution in [3.63, 3.8) is 0 Å². The number of halogens is 1. The molecule has 0 fully saturated rings. The normalized spacial score (nSPS) is 12.2. The molecule has 1 atom stereocenters. The number of rotatable bonds is 4. The van der Waals surface area contributed by atoms with Crippen molar-refractivity contribution in [2.75, 3.05) is 6.61 Å². The van der Waals surface area contributed by atoms with E-state index < -0.39 is 0 Å². The number of hydrogen-bond acceptors (Lipinski definition) is 4. The van der Waals surface area contributed by atoms with Crippen LogP contribution in [0.15, 0.2) is 22.9 Å². The minimum absolute atomic E-state index is 0.165. The van der Waals surface area contributed by atoms with Crippen LogP contribution in [0.3, 0.4) is 0 Å². The molecule has 0 aromatic carbocycles. The summed E-state index contributed by atoms with van der Waals surface area (Å²) in [5.41, 5.74) is 6.67. The van der Waals surface area contributed by atoms with Gasteiger partial charge in [-0.05, 0) is 28.9 Å². The first-order valence-electron chi connectivity index (χ1n) is 4.66. The molecule has 5 heteroatoms. The first-order valence-corrected chi connectivity index (χ1v) is 5.46. The molecular weight excluding hydrogens is 260 g/mol. The van der Waals surface area contributed by atoms with Gasteiger partial charge in [-0.15, -0.1) is 0 Å². The predicted octanol–water partition coefficient (Wildman–Crippen LogP) is 1.80. The second-order valence-electron chi connectivity index (χ2n) is 3.00. The molecule has 0 bridgehead atoms. The van der Waals surface area contributed by atoms with Gasteiger partial charge in [-0.2, -0.15) is 0 Å². The van der Waals surface area contributed by atoms with E-state index in [0.29, 0.717) is 11.2 Å². The van der Waals surface area contributed by atoms with Gasteiger partial charge in [-0.25, -0.2) is 4.98 Å². The molecule has 1 rings (SSSR count). The molecule has 0 aliphatic carbocycles. The maximum absolute atomic E-state index is 11.2. The molecule has 0 unspecified atom stereocenters. The quantitative estimate of drug-likeness (QED) is 0.671. The van der Waals surface area contributed by atoms with Crippen molar-refractivity contribution >= 4 is 21.9 Å². The lowest BCUT2D eigenvalue weighted by Gasteiger charge is -2.11. The monoisotopic (exact) mass is 272 g/mol. The van der Waals surface area contributed by atoms with Gasteiger partial charge in [0, 0.05) is 17.8 Å². The Balaban J connectivity index is 2.65. The highest BCUT2D eigenvalue weighted by Crippen LogP contribution is 2.21. The SMILES string of the molecule is CCOC(=O)C[C@@H](N)c1cccnc1Br. The molecule has 0 amide bonds. The third-order valence-electron chi connectivity index (χ3n) is 1.88. The summed E-state index contributed by atoms with van der Waals surface area (Å²) in [6, 6.07) is 3.23. The van der Waals surface area contributed by atoms with E-state index in [1.54, 1.807) is 19.2 Å². The molecule has 0 saturated carbocycles. The summed E-state index contributed by atoms with van der Waals surface area (Å²) in [5, 5.41) is 0. The van der Waals surface area contributed by atoms with Crippen LogP contribution in [0.4, 0.5) is 0 Å². The van der Waals surface area contributed by atoms with Gasteiger partial charge in [-0.3, -0.25) is 4.79 Å². The van der Waals surface area contributed by atoms with Gasteiger partial charge in [0.25, 0.3) is 0 Å². The van der Waals surface area contributed by atoms with Gasteiger partial charge < -0.3 is 10.5 Å². The van der Waals surface area contributed by atoms with E-state index in [4.69, 9.17) is 10.5 Å². The Kier molecular flexibility index (Phi) is 4.71. The number of pyridine rings is 1. The second-order valence-corrected chi connectivity index (χ2v) is 3.75. The lowest BCUT2D eigenvalue weighted by Crippen LogP contribution is -2.17. The van der Waals surface area contributed by atoms with Gasteiger partial charge in [0.15, 0.2) is 0 Å². The van der Waals surface area contributed by atoms with E-state index in [2.05, 4.69) is 20.9 Å². The van der Waals surface area contributed by atoms with Crippen LogP contribution >= 0.6 is 15.9 Å². The highest BCUT2D eigenvalue weighted by molar-refractivity contribution is 9.10. The van der Waals surface area contributed by atoms with E-state index >= 15 is 0 Å². The molecule has 0 saturated heterocycles. The third kappa shape index (κ3) is 3.60. The number of hydrogen-bond donors (Lipinski definition) is 1. The van der Waals surface area contributed by atoms with Crippen molar-refractivity contribution in [3.05, 3.63) is 28.5 Å².